The van der Waals surface area contributed by atoms with E-state index < -0.39 is 0 Å². The molecule has 2 aliphatic heterocycles. The van der Waals surface area contributed by atoms with Gasteiger partial charge in [0.25, 0.3) is 5.91 Å². The van der Waals surface area contributed by atoms with Crippen molar-refractivity contribution in [1.29, 1.82) is 0 Å². The molecule has 0 N–H and O–H groups in total. The second kappa shape index (κ2) is 11.5. The zero-order valence-corrected chi connectivity index (χ0v) is 23.3. The number of carbonyl (C=O) groups is 1. The highest BCUT2D eigenvalue weighted by atomic mass is 32.2. The summed E-state index contributed by atoms with van der Waals surface area (Å²) in [4.78, 5) is 20.1. The Morgan fingerprint density at radius 2 is 1.70 bits per heavy atom. The summed E-state index contributed by atoms with van der Waals surface area (Å²) in [6.07, 6.45) is 4.03. The zero-order valence-electron chi connectivity index (χ0n) is 22.4. The lowest BCUT2D eigenvalue weighted by atomic mass is 10.1. The van der Waals surface area contributed by atoms with Crippen LogP contribution < -0.4 is 4.74 Å². The Kier molecular flexibility index (Phi) is 7.53. The number of morpholine rings is 1. The molecule has 7 nitrogen and oxygen atoms in total. The second-order valence-corrected chi connectivity index (χ2v) is 11.0. The van der Waals surface area contributed by atoms with Crippen LogP contribution in [0.2, 0.25) is 0 Å². The van der Waals surface area contributed by atoms with Crippen molar-refractivity contribution in [2.24, 2.45) is 4.99 Å². The SMILES string of the molecule is C[C@H]1CN(C2=NC(=O)/C(=C/c3cn(-c4ccccc4)nc3-c3cccc(OCc4ccccc4)c3)S2)C[C@H](C)O1. The van der Waals surface area contributed by atoms with Crippen LogP contribution in [0.3, 0.4) is 0 Å². The lowest BCUT2D eigenvalue weighted by molar-refractivity contribution is -0.113. The molecule has 0 aliphatic carbocycles. The van der Waals surface area contributed by atoms with Gasteiger partial charge in [-0.2, -0.15) is 10.1 Å². The highest BCUT2D eigenvalue weighted by Gasteiger charge is 2.31. The van der Waals surface area contributed by atoms with Gasteiger partial charge in [0.05, 0.1) is 22.8 Å². The molecule has 0 bridgehead atoms. The lowest BCUT2D eigenvalue weighted by Gasteiger charge is -2.35. The third kappa shape index (κ3) is 5.88. The van der Waals surface area contributed by atoms with Crippen molar-refractivity contribution in [3.63, 3.8) is 0 Å². The fourth-order valence-electron chi connectivity index (χ4n) is 4.91. The van der Waals surface area contributed by atoms with Gasteiger partial charge >= 0.3 is 0 Å². The molecule has 1 aromatic heterocycles. The van der Waals surface area contributed by atoms with Crippen molar-refractivity contribution >= 4 is 28.9 Å². The molecule has 3 aromatic carbocycles. The molecule has 1 amide bonds. The van der Waals surface area contributed by atoms with E-state index >= 15 is 0 Å². The first-order valence-corrected chi connectivity index (χ1v) is 14.2. The van der Waals surface area contributed by atoms with Gasteiger partial charge in [-0.1, -0.05) is 60.7 Å². The standard InChI is InChI=1S/C32H30N4O3S/c1-22-18-35(19-23(2)39-22)32-33-31(37)29(40-32)17-26-20-36(27-13-7-4-8-14-27)34-30(26)25-12-9-15-28(16-25)38-21-24-10-5-3-6-11-24/h3-17,20,22-23H,18-19,21H2,1-2H3/b29-17-/t22-,23-/m0/s1. The second-order valence-electron chi connectivity index (χ2n) is 9.99. The van der Waals surface area contributed by atoms with E-state index in [0.717, 1.165) is 39.0 Å². The molecule has 4 aromatic rings. The number of para-hydroxylation sites is 1. The average molecular weight is 551 g/mol. The summed E-state index contributed by atoms with van der Waals surface area (Å²) in [5.41, 5.74) is 4.53. The largest absolute Gasteiger partial charge is 0.489 e. The van der Waals surface area contributed by atoms with Crippen molar-refractivity contribution in [3.05, 3.63) is 107 Å². The summed E-state index contributed by atoms with van der Waals surface area (Å²) < 4.78 is 13.8. The van der Waals surface area contributed by atoms with Gasteiger partial charge < -0.3 is 14.4 Å². The first-order valence-electron chi connectivity index (χ1n) is 13.4. The molecule has 1 saturated heterocycles. The van der Waals surface area contributed by atoms with Crippen LogP contribution in [-0.4, -0.2) is 51.1 Å². The van der Waals surface area contributed by atoms with Gasteiger partial charge in [-0.25, -0.2) is 4.68 Å². The number of nitrogens with zero attached hydrogens (tertiary/aromatic N) is 4. The number of aliphatic imine (C=N–C) groups is 1. The summed E-state index contributed by atoms with van der Waals surface area (Å²) in [6.45, 7) is 5.99. The third-order valence-corrected chi connectivity index (χ3v) is 7.75. The van der Waals surface area contributed by atoms with Crippen LogP contribution in [-0.2, 0) is 16.1 Å². The van der Waals surface area contributed by atoms with Gasteiger partial charge in [0.15, 0.2) is 5.17 Å². The zero-order chi connectivity index (χ0) is 27.5. The fourth-order valence-corrected chi connectivity index (χ4v) is 5.84. The van der Waals surface area contributed by atoms with Gasteiger partial charge in [0.2, 0.25) is 0 Å². The number of amides is 1. The first kappa shape index (κ1) is 26.1. The van der Waals surface area contributed by atoms with Crippen LogP contribution in [0.1, 0.15) is 25.0 Å². The van der Waals surface area contributed by atoms with Crippen LogP contribution in [0.5, 0.6) is 5.75 Å². The maximum atomic E-state index is 13.0. The van der Waals surface area contributed by atoms with Gasteiger partial charge in [0.1, 0.15) is 18.1 Å². The number of hydrogen-bond acceptors (Lipinski definition) is 6. The van der Waals surface area contributed by atoms with Crippen LogP contribution in [0.4, 0.5) is 0 Å². The molecular weight excluding hydrogens is 520 g/mol. The topological polar surface area (TPSA) is 69.0 Å². The van der Waals surface area contributed by atoms with Gasteiger partial charge in [-0.3, -0.25) is 4.79 Å². The maximum absolute atomic E-state index is 13.0. The summed E-state index contributed by atoms with van der Waals surface area (Å²) in [5, 5.41) is 5.67. The monoisotopic (exact) mass is 550 g/mol. The van der Waals surface area contributed by atoms with Crippen molar-refractivity contribution < 1.29 is 14.3 Å². The van der Waals surface area contributed by atoms with Gasteiger partial charge in [-0.15, -0.1) is 0 Å². The van der Waals surface area contributed by atoms with E-state index in [-0.39, 0.29) is 18.1 Å². The lowest BCUT2D eigenvalue weighted by Crippen LogP contribution is -2.47. The minimum atomic E-state index is -0.231. The molecule has 8 heteroatoms. The summed E-state index contributed by atoms with van der Waals surface area (Å²) in [6, 6.07) is 27.9. The number of thioether (sulfide) groups is 1. The van der Waals surface area contributed by atoms with E-state index in [1.54, 1.807) is 0 Å². The van der Waals surface area contributed by atoms with Gasteiger partial charge in [-0.05, 0) is 61.5 Å². The summed E-state index contributed by atoms with van der Waals surface area (Å²) in [7, 11) is 0. The van der Waals surface area contributed by atoms with Crippen molar-refractivity contribution in [2.75, 3.05) is 13.1 Å². The van der Waals surface area contributed by atoms with E-state index in [0.29, 0.717) is 24.6 Å². The number of carbonyl (C=O) groups excluding carboxylic acids is 1. The Labute approximate surface area is 238 Å². The molecule has 6 rings (SSSR count). The van der Waals surface area contributed by atoms with E-state index in [9.17, 15) is 4.79 Å². The Hall–Kier alpha value is -4.14. The highest BCUT2D eigenvalue weighted by molar-refractivity contribution is 8.18. The summed E-state index contributed by atoms with van der Waals surface area (Å²) >= 11 is 1.41. The Balaban J connectivity index is 1.31. The normalized spacial score (nSPS) is 20.1. The van der Waals surface area contributed by atoms with Crippen LogP contribution >= 0.6 is 11.8 Å². The predicted molar refractivity (Wildman–Crippen MR) is 159 cm³/mol. The predicted octanol–water partition coefficient (Wildman–Crippen LogP) is 6.20. The number of hydrogen-bond donors (Lipinski definition) is 0. The van der Waals surface area contributed by atoms with E-state index in [2.05, 4.69) is 9.89 Å². The fraction of sp³-hybridized carbons (Fsp3) is 0.219. The quantitative estimate of drug-likeness (QED) is 0.266. The minimum Gasteiger partial charge on any atom is -0.489 e. The number of aromatic nitrogens is 2. The molecule has 3 heterocycles. The van der Waals surface area contributed by atoms with Crippen LogP contribution in [0, 0.1) is 0 Å². The smallest absolute Gasteiger partial charge is 0.286 e. The molecular formula is C32H30N4O3S. The van der Waals surface area contributed by atoms with E-state index in [1.165, 1.54) is 11.8 Å². The number of ether oxygens (including phenoxy) is 2. The molecule has 0 saturated carbocycles. The molecule has 0 spiro atoms. The Morgan fingerprint density at radius 3 is 2.45 bits per heavy atom. The number of rotatable bonds is 6. The maximum Gasteiger partial charge on any atom is 0.286 e. The minimum absolute atomic E-state index is 0.0854. The molecule has 0 radical (unpaired) electrons. The van der Waals surface area contributed by atoms with Gasteiger partial charge in [0, 0.05) is 30.4 Å². The third-order valence-electron chi connectivity index (χ3n) is 6.71. The average Bonchev–Trinajstić information content (AvgIpc) is 3.56. The number of benzene rings is 3. The highest BCUT2D eigenvalue weighted by Crippen LogP contribution is 2.35. The van der Waals surface area contributed by atoms with Crippen LogP contribution in [0.25, 0.3) is 23.0 Å². The van der Waals surface area contributed by atoms with Crippen molar-refractivity contribution in [1.82, 2.24) is 14.7 Å². The summed E-state index contributed by atoms with van der Waals surface area (Å²) in [5.74, 6) is 0.520. The molecule has 2 atom stereocenters. The first-order chi connectivity index (χ1) is 19.5. The molecule has 2 aliphatic rings. The van der Waals surface area contributed by atoms with E-state index in [1.807, 2.05) is 116 Å². The van der Waals surface area contributed by atoms with Crippen molar-refractivity contribution in [3.8, 4) is 22.7 Å². The van der Waals surface area contributed by atoms with Crippen LogP contribution in [0.15, 0.2) is 101 Å². The number of amidine groups is 1. The van der Waals surface area contributed by atoms with Crippen molar-refractivity contribution in [2.45, 2.75) is 32.7 Å². The molecule has 1 fully saturated rings. The molecule has 202 valence electrons. The Bertz CT molecular complexity index is 1560. The Morgan fingerprint density at radius 1 is 0.975 bits per heavy atom. The molecule has 0 unspecified atom stereocenters. The van der Waals surface area contributed by atoms with E-state index in [4.69, 9.17) is 14.6 Å². The molecule has 40 heavy (non-hydrogen) atoms.